The van der Waals surface area contributed by atoms with Crippen molar-refractivity contribution in [3.8, 4) is 0 Å². The summed E-state index contributed by atoms with van der Waals surface area (Å²) in [5.74, 6) is 0.881. The maximum atomic E-state index is 11.7. The van der Waals surface area contributed by atoms with E-state index >= 15 is 0 Å². The molecule has 2 aromatic rings. The molecular formula is C14H19N5O2. The van der Waals surface area contributed by atoms with Crippen molar-refractivity contribution in [1.29, 1.82) is 0 Å². The summed E-state index contributed by atoms with van der Waals surface area (Å²) in [6, 6.07) is 7.41. The van der Waals surface area contributed by atoms with Gasteiger partial charge in [-0.2, -0.15) is 5.10 Å². The van der Waals surface area contributed by atoms with Gasteiger partial charge in [-0.3, -0.25) is 4.98 Å². The van der Waals surface area contributed by atoms with E-state index in [1.54, 1.807) is 0 Å². The number of rotatable bonds is 5. The Morgan fingerprint density at radius 1 is 1.33 bits per heavy atom. The number of anilines is 1. The molecule has 0 aliphatic heterocycles. The molecule has 1 unspecified atom stereocenters. The van der Waals surface area contributed by atoms with Crippen LogP contribution in [0.3, 0.4) is 0 Å². The Labute approximate surface area is 122 Å². The number of nitrogens with one attached hydrogen (secondary N) is 4. The lowest BCUT2D eigenvalue weighted by Crippen LogP contribution is -2.28. The summed E-state index contributed by atoms with van der Waals surface area (Å²) < 4.78 is 0. The van der Waals surface area contributed by atoms with Gasteiger partial charge in [-0.1, -0.05) is 26.0 Å². The minimum absolute atomic E-state index is 0.148. The number of aromatic amines is 2. The number of benzene rings is 1. The van der Waals surface area contributed by atoms with E-state index in [0.717, 1.165) is 12.1 Å². The summed E-state index contributed by atoms with van der Waals surface area (Å²) in [6.07, 6.45) is 1.08. The summed E-state index contributed by atoms with van der Waals surface area (Å²) in [4.78, 5) is 25.0. The van der Waals surface area contributed by atoms with Gasteiger partial charge in [0.15, 0.2) is 0 Å². The second kappa shape index (κ2) is 6.74. The highest BCUT2D eigenvalue weighted by molar-refractivity contribution is 5.89. The second-order valence-electron chi connectivity index (χ2n) is 4.86. The van der Waals surface area contributed by atoms with Gasteiger partial charge in [0.2, 0.25) is 0 Å². The molecule has 0 saturated heterocycles. The Morgan fingerprint density at radius 2 is 2.05 bits per heavy atom. The van der Waals surface area contributed by atoms with E-state index in [0.29, 0.717) is 11.7 Å². The van der Waals surface area contributed by atoms with Crippen molar-refractivity contribution < 1.29 is 4.79 Å². The SMILES string of the molecule is CCC(C)c1ccc(NC(=O)NCc2n[nH]c(=O)[nH]2)cc1. The third-order valence-corrected chi connectivity index (χ3v) is 3.32. The van der Waals surface area contributed by atoms with Crippen LogP contribution in [0.4, 0.5) is 10.5 Å². The second-order valence-corrected chi connectivity index (χ2v) is 4.86. The molecule has 21 heavy (non-hydrogen) atoms. The van der Waals surface area contributed by atoms with E-state index < -0.39 is 5.69 Å². The topological polar surface area (TPSA) is 103 Å². The highest BCUT2D eigenvalue weighted by atomic mass is 16.2. The van der Waals surface area contributed by atoms with Crippen LogP contribution in [0.1, 0.15) is 37.6 Å². The molecule has 1 aromatic heterocycles. The van der Waals surface area contributed by atoms with Crippen molar-refractivity contribution in [1.82, 2.24) is 20.5 Å². The molecule has 0 radical (unpaired) electrons. The van der Waals surface area contributed by atoms with E-state index in [2.05, 4.69) is 39.7 Å². The van der Waals surface area contributed by atoms with Gasteiger partial charge in [0, 0.05) is 5.69 Å². The van der Waals surface area contributed by atoms with Crippen molar-refractivity contribution in [3.05, 3.63) is 46.1 Å². The number of carbonyl (C=O) groups excluding carboxylic acids is 1. The van der Waals surface area contributed by atoms with E-state index in [1.165, 1.54) is 5.56 Å². The van der Waals surface area contributed by atoms with Gasteiger partial charge in [0.25, 0.3) is 0 Å². The smallest absolute Gasteiger partial charge is 0.331 e. The lowest BCUT2D eigenvalue weighted by molar-refractivity contribution is 0.251. The normalized spacial score (nSPS) is 11.9. The minimum Gasteiger partial charge on any atom is -0.331 e. The zero-order chi connectivity index (χ0) is 15.2. The van der Waals surface area contributed by atoms with Gasteiger partial charge in [-0.25, -0.2) is 14.7 Å². The standard InChI is InChI=1S/C14H19N5O2/c1-3-9(2)10-4-6-11(7-5-10)16-13(20)15-8-12-17-14(21)19-18-12/h4-7,9H,3,8H2,1-2H3,(H2,15,16,20)(H2,17,18,19,21). The number of nitrogens with zero attached hydrogens (tertiary/aromatic N) is 1. The number of amides is 2. The van der Waals surface area contributed by atoms with Crippen molar-refractivity contribution in [2.45, 2.75) is 32.7 Å². The number of urea groups is 1. The molecule has 0 saturated carbocycles. The lowest BCUT2D eigenvalue weighted by atomic mass is 9.99. The quantitative estimate of drug-likeness (QED) is 0.676. The number of aromatic nitrogens is 3. The van der Waals surface area contributed by atoms with Crippen molar-refractivity contribution in [2.75, 3.05) is 5.32 Å². The van der Waals surface area contributed by atoms with Gasteiger partial charge in [0.1, 0.15) is 5.82 Å². The highest BCUT2D eigenvalue weighted by Gasteiger charge is 2.05. The van der Waals surface area contributed by atoms with Gasteiger partial charge in [-0.05, 0) is 30.0 Å². The first-order chi connectivity index (χ1) is 10.1. The molecule has 2 rings (SSSR count). The third kappa shape index (κ3) is 4.20. The van der Waals surface area contributed by atoms with Crippen LogP contribution in [-0.4, -0.2) is 21.2 Å². The fraction of sp³-hybridized carbons (Fsp3) is 0.357. The molecule has 1 aromatic carbocycles. The fourth-order valence-corrected chi connectivity index (χ4v) is 1.86. The summed E-state index contributed by atoms with van der Waals surface area (Å²) in [5, 5.41) is 11.3. The molecule has 1 heterocycles. The zero-order valence-corrected chi connectivity index (χ0v) is 12.1. The van der Waals surface area contributed by atoms with Crippen LogP contribution >= 0.6 is 0 Å². The fourth-order valence-electron chi connectivity index (χ4n) is 1.86. The molecule has 0 aliphatic rings. The molecule has 112 valence electrons. The van der Waals surface area contributed by atoms with Crippen LogP contribution in [0.25, 0.3) is 0 Å². The number of hydrogen-bond donors (Lipinski definition) is 4. The maximum absolute atomic E-state index is 11.7. The Bertz CT molecular complexity index is 644. The molecule has 0 spiro atoms. The van der Waals surface area contributed by atoms with Crippen LogP contribution in [0, 0.1) is 0 Å². The first-order valence-electron chi connectivity index (χ1n) is 6.87. The molecule has 2 amide bonds. The van der Waals surface area contributed by atoms with Crippen molar-refractivity contribution in [3.63, 3.8) is 0 Å². The molecule has 7 heteroatoms. The van der Waals surface area contributed by atoms with Gasteiger partial charge in [0.05, 0.1) is 6.54 Å². The monoisotopic (exact) mass is 289 g/mol. The Morgan fingerprint density at radius 3 is 2.62 bits per heavy atom. The van der Waals surface area contributed by atoms with Crippen molar-refractivity contribution >= 4 is 11.7 Å². The molecule has 7 nitrogen and oxygen atoms in total. The Kier molecular flexibility index (Phi) is 4.76. The van der Waals surface area contributed by atoms with E-state index in [1.807, 2.05) is 24.3 Å². The number of hydrogen-bond acceptors (Lipinski definition) is 3. The summed E-state index contributed by atoms with van der Waals surface area (Å²) >= 11 is 0. The highest BCUT2D eigenvalue weighted by Crippen LogP contribution is 2.20. The molecule has 0 aliphatic carbocycles. The van der Waals surface area contributed by atoms with E-state index in [4.69, 9.17) is 0 Å². The summed E-state index contributed by atoms with van der Waals surface area (Å²) in [5.41, 5.74) is 1.57. The molecule has 0 bridgehead atoms. The van der Waals surface area contributed by atoms with E-state index in [-0.39, 0.29) is 12.6 Å². The van der Waals surface area contributed by atoms with E-state index in [9.17, 15) is 9.59 Å². The van der Waals surface area contributed by atoms with Crippen LogP contribution < -0.4 is 16.3 Å². The molecule has 4 N–H and O–H groups in total. The number of H-pyrrole nitrogens is 2. The zero-order valence-electron chi connectivity index (χ0n) is 12.1. The van der Waals surface area contributed by atoms with Gasteiger partial charge >= 0.3 is 11.7 Å². The predicted molar refractivity (Wildman–Crippen MR) is 80.2 cm³/mol. The Hall–Kier alpha value is -2.57. The molecular weight excluding hydrogens is 270 g/mol. The van der Waals surface area contributed by atoms with Crippen molar-refractivity contribution in [2.24, 2.45) is 0 Å². The maximum Gasteiger partial charge on any atom is 0.340 e. The Balaban J connectivity index is 1.86. The summed E-state index contributed by atoms with van der Waals surface area (Å²) in [7, 11) is 0. The number of carbonyl (C=O) groups is 1. The van der Waals surface area contributed by atoms with Crippen LogP contribution in [0.5, 0.6) is 0 Å². The van der Waals surface area contributed by atoms with Gasteiger partial charge in [-0.15, -0.1) is 0 Å². The lowest BCUT2D eigenvalue weighted by Gasteiger charge is -2.10. The van der Waals surface area contributed by atoms with Gasteiger partial charge < -0.3 is 10.6 Å². The first-order valence-corrected chi connectivity index (χ1v) is 6.87. The average Bonchev–Trinajstić information content (AvgIpc) is 2.91. The van der Waals surface area contributed by atoms with Crippen LogP contribution in [-0.2, 0) is 6.54 Å². The summed E-state index contributed by atoms with van der Waals surface area (Å²) in [6.45, 7) is 4.46. The third-order valence-electron chi connectivity index (χ3n) is 3.32. The minimum atomic E-state index is -0.396. The van der Waals surface area contributed by atoms with Crippen LogP contribution in [0.15, 0.2) is 29.1 Å². The largest absolute Gasteiger partial charge is 0.340 e. The average molecular weight is 289 g/mol. The molecule has 0 fully saturated rings. The predicted octanol–water partition coefficient (Wildman–Crippen LogP) is 1.93. The first kappa shape index (κ1) is 14.8. The van der Waals surface area contributed by atoms with Crippen LogP contribution in [0.2, 0.25) is 0 Å². The molecule has 1 atom stereocenters.